The van der Waals surface area contributed by atoms with Crippen LogP contribution in [0, 0.1) is 23.7 Å². The number of hydrogen-bond acceptors (Lipinski definition) is 1. The molecule has 4 aliphatic rings. The third-order valence-corrected chi connectivity index (χ3v) is 4.35. The fraction of sp³-hybridized carbons (Fsp3) is 0.818. The quantitative estimate of drug-likeness (QED) is 0.587. The summed E-state index contributed by atoms with van der Waals surface area (Å²) in [7, 11) is 0. The maximum absolute atomic E-state index is 9.17. The van der Waals surface area contributed by atoms with Gasteiger partial charge in [0.15, 0.2) is 0 Å². The van der Waals surface area contributed by atoms with Crippen molar-refractivity contribution in [3.8, 4) is 0 Å². The SMILES string of the molecule is OCC1=CC2CCC1C1CCC21. The third kappa shape index (κ3) is 0.731. The second-order valence-electron chi connectivity index (χ2n) is 4.65. The summed E-state index contributed by atoms with van der Waals surface area (Å²) in [5, 5.41) is 9.17. The van der Waals surface area contributed by atoms with Crippen molar-refractivity contribution in [1.82, 2.24) is 0 Å². The highest BCUT2D eigenvalue weighted by Gasteiger charge is 2.48. The van der Waals surface area contributed by atoms with Crippen LogP contribution in [0.2, 0.25) is 0 Å². The Morgan fingerprint density at radius 3 is 2.58 bits per heavy atom. The van der Waals surface area contributed by atoms with Gasteiger partial charge in [-0.15, -0.1) is 0 Å². The smallest absolute Gasteiger partial charge is 0.0644 e. The van der Waals surface area contributed by atoms with Crippen molar-refractivity contribution < 1.29 is 5.11 Å². The Kier molecular flexibility index (Phi) is 1.40. The summed E-state index contributed by atoms with van der Waals surface area (Å²) < 4.78 is 0. The molecule has 2 bridgehead atoms. The fourth-order valence-corrected chi connectivity index (χ4v) is 3.62. The first-order valence-electron chi connectivity index (χ1n) is 5.21. The zero-order valence-electron chi connectivity index (χ0n) is 7.37. The zero-order chi connectivity index (χ0) is 8.13. The first-order valence-corrected chi connectivity index (χ1v) is 5.21. The molecule has 0 spiro atoms. The summed E-state index contributed by atoms with van der Waals surface area (Å²) in [6.45, 7) is 0.324. The van der Waals surface area contributed by atoms with E-state index in [2.05, 4.69) is 6.08 Å². The minimum absolute atomic E-state index is 0.324. The van der Waals surface area contributed by atoms with E-state index in [-0.39, 0.29) is 0 Å². The van der Waals surface area contributed by atoms with E-state index < -0.39 is 0 Å². The van der Waals surface area contributed by atoms with Crippen molar-refractivity contribution in [2.24, 2.45) is 23.7 Å². The minimum atomic E-state index is 0.324. The van der Waals surface area contributed by atoms with Gasteiger partial charge in [-0.3, -0.25) is 0 Å². The topological polar surface area (TPSA) is 20.2 Å². The molecule has 0 saturated heterocycles. The molecule has 0 amide bonds. The molecule has 66 valence electrons. The maximum Gasteiger partial charge on any atom is 0.0644 e. The molecule has 4 atom stereocenters. The summed E-state index contributed by atoms with van der Waals surface area (Å²) in [6, 6.07) is 0. The van der Waals surface area contributed by atoms with Crippen molar-refractivity contribution in [3.63, 3.8) is 0 Å². The predicted octanol–water partition coefficient (Wildman–Crippen LogP) is 1.97. The Balaban J connectivity index is 1.95. The van der Waals surface area contributed by atoms with Crippen LogP contribution in [0.4, 0.5) is 0 Å². The van der Waals surface area contributed by atoms with Crippen LogP contribution in [-0.4, -0.2) is 11.7 Å². The van der Waals surface area contributed by atoms with Crippen molar-refractivity contribution in [2.75, 3.05) is 6.61 Å². The van der Waals surface area contributed by atoms with Crippen LogP contribution >= 0.6 is 0 Å². The van der Waals surface area contributed by atoms with E-state index in [1.54, 1.807) is 0 Å². The molecule has 12 heavy (non-hydrogen) atoms. The van der Waals surface area contributed by atoms with E-state index in [1.807, 2.05) is 0 Å². The van der Waals surface area contributed by atoms with E-state index in [0.717, 1.165) is 23.7 Å². The molecule has 4 rings (SSSR count). The van der Waals surface area contributed by atoms with Crippen LogP contribution in [0.3, 0.4) is 0 Å². The Bertz CT molecular complexity index is 231. The van der Waals surface area contributed by atoms with Gasteiger partial charge in [0.05, 0.1) is 6.61 Å². The van der Waals surface area contributed by atoms with E-state index in [9.17, 15) is 5.11 Å². The van der Waals surface area contributed by atoms with Gasteiger partial charge in [0.2, 0.25) is 0 Å². The van der Waals surface area contributed by atoms with Crippen LogP contribution in [-0.2, 0) is 0 Å². The van der Waals surface area contributed by atoms with E-state index in [1.165, 1.54) is 31.3 Å². The van der Waals surface area contributed by atoms with Gasteiger partial charge in [-0.25, -0.2) is 0 Å². The summed E-state index contributed by atoms with van der Waals surface area (Å²) in [6.07, 6.45) is 8.03. The van der Waals surface area contributed by atoms with Crippen LogP contribution < -0.4 is 0 Å². The molecule has 1 heteroatoms. The zero-order valence-corrected chi connectivity index (χ0v) is 7.37. The number of aliphatic hydroxyl groups is 1. The summed E-state index contributed by atoms with van der Waals surface area (Å²) in [5.41, 5.74) is 1.37. The molecule has 4 unspecified atom stereocenters. The van der Waals surface area contributed by atoms with Gasteiger partial charge >= 0.3 is 0 Å². The summed E-state index contributed by atoms with van der Waals surface area (Å²) in [5.74, 6) is 3.60. The predicted molar refractivity (Wildman–Crippen MR) is 47.6 cm³/mol. The van der Waals surface area contributed by atoms with Gasteiger partial charge in [0.1, 0.15) is 0 Å². The normalized spacial score (nSPS) is 49.6. The number of allylic oxidation sites excluding steroid dienone is 1. The van der Waals surface area contributed by atoms with E-state index in [0.29, 0.717) is 6.61 Å². The molecule has 2 saturated carbocycles. The highest BCUT2D eigenvalue weighted by molar-refractivity contribution is 5.22. The average molecular weight is 164 g/mol. The molecule has 4 aliphatic carbocycles. The van der Waals surface area contributed by atoms with Gasteiger partial charge < -0.3 is 5.11 Å². The van der Waals surface area contributed by atoms with Crippen molar-refractivity contribution in [2.45, 2.75) is 25.7 Å². The van der Waals surface area contributed by atoms with Gasteiger partial charge in [0, 0.05) is 0 Å². The third-order valence-electron chi connectivity index (χ3n) is 4.35. The highest BCUT2D eigenvalue weighted by atomic mass is 16.3. The Morgan fingerprint density at radius 1 is 1.17 bits per heavy atom. The monoisotopic (exact) mass is 164 g/mol. The van der Waals surface area contributed by atoms with E-state index >= 15 is 0 Å². The molecule has 0 heterocycles. The maximum atomic E-state index is 9.17. The van der Waals surface area contributed by atoms with Crippen LogP contribution in [0.1, 0.15) is 25.7 Å². The second-order valence-corrected chi connectivity index (χ2v) is 4.65. The first-order chi connectivity index (χ1) is 5.90. The van der Waals surface area contributed by atoms with Crippen molar-refractivity contribution in [1.29, 1.82) is 0 Å². The largest absolute Gasteiger partial charge is 0.392 e. The van der Waals surface area contributed by atoms with Crippen molar-refractivity contribution >= 4 is 0 Å². The molecule has 0 aliphatic heterocycles. The molecule has 0 aromatic rings. The summed E-state index contributed by atoms with van der Waals surface area (Å²) in [4.78, 5) is 0. The molecule has 0 radical (unpaired) electrons. The molecule has 0 aromatic heterocycles. The number of fused-ring (bicyclic) bond motifs is 1. The Hall–Kier alpha value is -0.300. The highest BCUT2D eigenvalue weighted by Crippen LogP contribution is 2.57. The molecule has 1 N–H and O–H groups in total. The number of hydrogen-bond donors (Lipinski definition) is 1. The minimum Gasteiger partial charge on any atom is -0.392 e. The lowest BCUT2D eigenvalue weighted by molar-refractivity contribution is 0.0148. The van der Waals surface area contributed by atoms with Gasteiger partial charge in [-0.1, -0.05) is 6.08 Å². The van der Waals surface area contributed by atoms with Gasteiger partial charge in [-0.2, -0.15) is 0 Å². The molecular weight excluding hydrogens is 148 g/mol. The summed E-state index contributed by atoms with van der Waals surface area (Å²) >= 11 is 0. The molecular formula is C11H16O. The second kappa shape index (κ2) is 2.35. The van der Waals surface area contributed by atoms with Crippen molar-refractivity contribution in [3.05, 3.63) is 11.6 Å². The first kappa shape index (κ1) is 7.14. The Labute approximate surface area is 73.5 Å². The molecule has 2 fully saturated rings. The standard InChI is InChI=1S/C11H16O/c12-6-8-5-7-1-2-10(8)11-4-3-9(7)11/h5,7,9-12H,1-4,6H2. The average Bonchev–Trinajstić information content (AvgIpc) is 2.04. The van der Waals surface area contributed by atoms with Crippen LogP contribution in [0.5, 0.6) is 0 Å². The van der Waals surface area contributed by atoms with E-state index in [4.69, 9.17) is 0 Å². The number of rotatable bonds is 1. The lowest BCUT2D eigenvalue weighted by atomic mass is 9.51. The van der Waals surface area contributed by atoms with Crippen LogP contribution in [0.15, 0.2) is 11.6 Å². The lowest BCUT2D eigenvalue weighted by Crippen LogP contribution is -2.45. The van der Waals surface area contributed by atoms with Gasteiger partial charge in [-0.05, 0) is 54.9 Å². The Morgan fingerprint density at radius 2 is 2.00 bits per heavy atom. The fourth-order valence-electron chi connectivity index (χ4n) is 3.62. The molecule has 0 aromatic carbocycles. The number of aliphatic hydroxyl groups excluding tert-OH is 1. The van der Waals surface area contributed by atoms with Crippen LogP contribution in [0.25, 0.3) is 0 Å². The van der Waals surface area contributed by atoms with Gasteiger partial charge in [0.25, 0.3) is 0 Å². The molecule has 1 nitrogen and oxygen atoms in total. The lowest BCUT2D eigenvalue weighted by Gasteiger charge is -2.54.